The third-order valence-corrected chi connectivity index (χ3v) is 2.58. The second kappa shape index (κ2) is 7.32. The molecule has 0 radical (unpaired) electrons. The van der Waals surface area contributed by atoms with Crippen molar-refractivity contribution in [3.05, 3.63) is 0 Å². The van der Waals surface area contributed by atoms with Crippen LogP contribution < -0.4 is 0 Å². The molecule has 0 fully saturated rings. The van der Waals surface area contributed by atoms with E-state index in [4.69, 9.17) is 10.00 Å². The minimum Gasteiger partial charge on any atom is -0.460 e. The van der Waals surface area contributed by atoms with Gasteiger partial charge in [-0.1, -0.05) is 20.3 Å². The van der Waals surface area contributed by atoms with E-state index in [2.05, 4.69) is 13.0 Å². The lowest BCUT2D eigenvalue weighted by molar-refractivity contribution is -0.159. The molecule has 0 spiro atoms. The number of nitriles is 1. The Morgan fingerprint density at radius 3 is 2.29 bits per heavy atom. The van der Waals surface area contributed by atoms with Crippen LogP contribution in [0.5, 0.6) is 0 Å². The number of nitrogens with zero attached hydrogens (tertiary/aromatic N) is 1. The van der Waals surface area contributed by atoms with Gasteiger partial charge in [-0.05, 0) is 40.0 Å². The number of ether oxygens (including phenoxy) is 1. The molecule has 0 heterocycles. The van der Waals surface area contributed by atoms with Gasteiger partial charge in [0, 0.05) is 5.92 Å². The summed E-state index contributed by atoms with van der Waals surface area (Å²) in [5.74, 6) is -0.211. The van der Waals surface area contributed by atoms with E-state index in [-0.39, 0.29) is 17.8 Å². The fraction of sp³-hybridized carbons (Fsp3) is 0.857. The minimum atomic E-state index is -0.427. The van der Waals surface area contributed by atoms with Gasteiger partial charge in [-0.2, -0.15) is 5.26 Å². The van der Waals surface area contributed by atoms with Crippen LogP contribution in [0.2, 0.25) is 0 Å². The normalized spacial score (nSPS) is 14.8. The average Bonchev–Trinajstić information content (AvgIpc) is 2.21. The van der Waals surface area contributed by atoms with Gasteiger partial charge in [0.05, 0.1) is 12.0 Å². The van der Waals surface area contributed by atoms with E-state index in [0.29, 0.717) is 0 Å². The summed E-state index contributed by atoms with van der Waals surface area (Å²) in [4.78, 5) is 11.7. The fourth-order valence-electron chi connectivity index (χ4n) is 1.59. The highest BCUT2D eigenvalue weighted by atomic mass is 16.6. The molecule has 0 aliphatic heterocycles. The summed E-state index contributed by atoms with van der Waals surface area (Å²) in [6.07, 6.45) is 3.44. The lowest BCUT2D eigenvalue weighted by atomic mass is 9.94. The van der Waals surface area contributed by atoms with Crippen molar-refractivity contribution < 1.29 is 9.53 Å². The van der Waals surface area contributed by atoms with E-state index in [1.165, 1.54) is 0 Å². The summed E-state index contributed by atoms with van der Waals surface area (Å²) in [5.41, 5.74) is -0.427. The molecule has 17 heavy (non-hydrogen) atoms. The quantitative estimate of drug-likeness (QED) is 0.664. The number of hydrogen-bond acceptors (Lipinski definition) is 3. The maximum atomic E-state index is 11.7. The molecule has 0 saturated carbocycles. The molecule has 0 amide bonds. The molecular formula is C14H25NO2. The van der Waals surface area contributed by atoms with Gasteiger partial charge >= 0.3 is 5.97 Å². The van der Waals surface area contributed by atoms with Crippen LogP contribution in [0.25, 0.3) is 0 Å². The number of carbonyl (C=O) groups excluding carboxylic acids is 1. The van der Waals surface area contributed by atoms with Crippen LogP contribution >= 0.6 is 0 Å². The monoisotopic (exact) mass is 239 g/mol. The molecule has 3 heteroatoms. The second-order valence-corrected chi connectivity index (χ2v) is 5.63. The summed E-state index contributed by atoms with van der Waals surface area (Å²) < 4.78 is 5.30. The summed E-state index contributed by atoms with van der Waals surface area (Å²) in [7, 11) is 0. The van der Waals surface area contributed by atoms with Gasteiger partial charge in [-0.3, -0.25) is 4.79 Å². The van der Waals surface area contributed by atoms with Gasteiger partial charge in [0.1, 0.15) is 5.60 Å². The van der Waals surface area contributed by atoms with Gasteiger partial charge in [-0.15, -0.1) is 0 Å². The highest BCUT2D eigenvalue weighted by Gasteiger charge is 2.22. The molecule has 0 aromatic rings. The molecule has 2 unspecified atom stereocenters. The van der Waals surface area contributed by atoms with E-state index in [1.54, 1.807) is 0 Å². The van der Waals surface area contributed by atoms with Crippen LogP contribution in [0.3, 0.4) is 0 Å². The highest BCUT2D eigenvalue weighted by Crippen LogP contribution is 2.19. The van der Waals surface area contributed by atoms with Crippen LogP contribution in [0, 0.1) is 23.2 Å². The molecule has 0 saturated heterocycles. The number of carbonyl (C=O) groups is 1. The molecule has 0 N–H and O–H groups in total. The molecule has 0 bridgehead atoms. The molecule has 0 aromatic heterocycles. The molecular weight excluding hydrogens is 214 g/mol. The number of hydrogen-bond donors (Lipinski definition) is 0. The zero-order valence-corrected chi connectivity index (χ0v) is 11.7. The fourth-order valence-corrected chi connectivity index (χ4v) is 1.59. The Morgan fingerprint density at radius 1 is 1.29 bits per heavy atom. The zero-order chi connectivity index (χ0) is 13.5. The summed E-state index contributed by atoms with van der Waals surface area (Å²) in [6, 6.07) is 2.29. The van der Waals surface area contributed by atoms with Crippen molar-refractivity contribution in [1.82, 2.24) is 0 Å². The molecule has 0 aromatic carbocycles. The largest absolute Gasteiger partial charge is 0.460 e. The van der Waals surface area contributed by atoms with Crippen molar-refractivity contribution in [1.29, 1.82) is 5.26 Å². The maximum Gasteiger partial charge on any atom is 0.309 e. The Kier molecular flexibility index (Phi) is 6.87. The average molecular weight is 239 g/mol. The number of esters is 1. The Labute approximate surface area is 105 Å². The second-order valence-electron chi connectivity index (χ2n) is 5.63. The number of rotatable bonds is 6. The summed E-state index contributed by atoms with van der Waals surface area (Å²) in [6.45, 7) is 9.54. The van der Waals surface area contributed by atoms with Crippen molar-refractivity contribution >= 4 is 5.97 Å². The van der Waals surface area contributed by atoms with Gasteiger partial charge in [0.2, 0.25) is 0 Å². The zero-order valence-electron chi connectivity index (χ0n) is 11.7. The smallest absolute Gasteiger partial charge is 0.309 e. The van der Waals surface area contributed by atoms with E-state index < -0.39 is 5.60 Å². The van der Waals surface area contributed by atoms with Crippen molar-refractivity contribution in [3.63, 3.8) is 0 Å². The third kappa shape index (κ3) is 7.79. The topological polar surface area (TPSA) is 50.1 Å². The van der Waals surface area contributed by atoms with E-state index in [0.717, 1.165) is 25.7 Å². The lowest BCUT2D eigenvalue weighted by Gasteiger charge is -2.22. The van der Waals surface area contributed by atoms with Crippen molar-refractivity contribution in [2.24, 2.45) is 11.8 Å². The SMILES string of the molecule is CCCC(C#N)CCC(C)C(=O)OC(C)(C)C. The molecule has 98 valence electrons. The van der Waals surface area contributed by atoms with Crippen molar-refractivity contribution in [2.75, 3.05) is 0 Å². The van der Waals surface area contributed by atoms with Gasteiger partial charge < -0.3 is 4.74 Å². The highest BCUT2D eigenvalue weighted by molar-refractivity contribution is 5.72. The Bertz CT molecular complexity index is 273. The summed E-state index contributed by atoms with van der Waals surface area (Å²) >= 11 is 0. The first-order valence-electron chi connectivity index (χ1n) is 6.42. The first-order chi connectivity index (χ1) is 7.80. The lowest BCUT2D eigenvalue weighted by Crippen LogP contribution is -2.27. The maximum absolute atomic E-state index is 11.7. The van der Waals surface area contributed by atoms with Crippen molar-refractivity contribution in [3.8, 4) is 6.07 Å². The van der Waals surface area contributed by atoms with Crippen LogP contribution in [0.15, 0.2) is 0 Å². The minimum absolute atomic E-state index is 0.0740. The van der Waals surface area contributed by atoms with Crippen LogP contribution in [-0.4, -0.2) is 11.6 Å². The summed E-state index contributed by atoms with van der Waals surface area (Å²) in [5, 5.41) is 8.93. The first-order valence-corrected chi connectivity index (χ1v) is 6.42. The Hall–Kier alpha value is -1.04. The van der Waals surface area contributed by atoms with Crippen LogP contribution in [0.1, 0.15) is 60.3 Å². The van der Waals surface area contributed by atoms with Crippen molar-refractivity contribution in [2.45, 2.75) is 65.9 Å². The standard InChI is InChI=1S/C14H25NO2/c1-6-7-12(10-15)9-8-11(2)13(16)17-14(3,4)5/h11-12H,6-9H2,1-5H3. The molecule has 0 aliphatic carbocycles. The van der Waals surface area contributed by atoms with Gasteiger partial charge in [0.25, 0.3) is 0 Å². The molecule has 3 nitrogen and oxygen atoms in total. The first kappa shape index (κ1) is 16.0. The molecule has 0 aliphatic rings. The predicted octanol–water partition coefficient (Wildman–Crippen LogP) is 3.68. The van der Waals surface area contributed by atoms with E-state index in [1.807, 2.05) is 27.7 Å². The molecule has 2 atom stereocenters. The Morgan fingerprint density at radius 2 is 1.88 bits per heavy atom. The Balaban J connectivity index is 4.05. The van der Waals surface area contributed by atoms with E-state index >= 15 is 0 Å². The van der Waals surface area contributed by atoms with Crippen LogP contribution in [-0.2, 0) is 9.53 Å². The third-order valence-electron chi connectivity index (χ3n) is 2.58. The molecule has 0 rings (SSSR count). The van der Waals surface area contributed by atoms with Crippen LogP contribution in [0.4, 0.5) is 0 Å². The van der Waals surface area contributed by atoms with Gasteiger partial charge in [0.15, 0.2) is 0 Å². The predicted molar refractivity (Wildman–Crippen MR) is 68.3 cm³/mol. The van der Waals surface area contributed by atoms with Gasteiger partial charge in [-0.25, -0.2) is 0 Å². The van der Waals surface area contributed by atoms with E-state index in [9.17, 15) is 4.79 Å².